The molecule has 4 heteroatoms. The summed E-state index contributed by atoms with van der Waals surface area (Å²) in [5.74, 6) is 0.159. The smallest absolute Gasteiger partial charge is 0.340 e. The van der Waals surface area contributed by atoms with Gasteiger partial charge in [-0.3, -0.25) is 0 Å². The summed E-state index contributed by atoms with van der Waals surface area (Å²) in [5.41, 5.74) is 6.56. The average molecular weight is 286 g/mol. The van der Waals surface area contributed by atoms with Crippen LogP contribution in [0.1, 0.15) is 30.6 Å². The fourth-order valence-electron chi connectivity index (χ4n) is 1.17. The van der Waals surface area contributed by atoms with Crippen LogP contribution >= 0.6 is 15.9 Å². The van der Waals surface area contributed by atoms with E-state index in [0.717, 1.165) is 10.9 Å². The van der Waals surface area contributed by atoms with Gasteiger partial charge in [0.2, 0.25) is 0 Å². The van der Waals surface area contributed by atoms with Crippen molar-refractivity contribution in [2.45, 2.75) is 20.3 Å². The van der Waals surface area contributed by atoms with E-state index < -0.39 is 0 Å². The Balaban J connectivity index is 2.62. The summed E-state index contributed by atoms with van der Waals surface area (Å²) in [6.45, 7) is 4.60. The van der Waals surface area contributed by atoms with Gasteiger partial charge in [0.15, 0.2) is 0 Å². The minimum atomic E-state index is -0.362. The Morgan fingerprint density at radius 1 is 1.50 bits per heavy atom. The van der Waals surface area contributed by atoms with Crippen LogP contribution in [-0.2, 0) is 4.74 Å². The zero-order valence-corrected chi connectivity index (χ0v) is 11.1. The number of esters is 1. The molecule has 0 aliphatic heterocycles. The van der Waals surface area contributed by atoms with Gasteiger partial charge in [-0.05, 0) is 30.5 Å². The second-order valence-corrected chi connectivity index (χ2v) is 4.97. The molecule has 1 aromatic rings. The van der Waals surface area contributed by atoms with Gasteiger partial charge in [0, 0.05) is 10.2 Å². The van der Waals surface area contributed by atoms with Gasteiger partial charge >= 0.3 is 5.97 Å². The maximum absolute atomic E-state index is 11.7. The van der Waals surface area contributed by atoms with Crippen molar-refractivity contribution in [2.75, 3.05) is 12.3 Å². The van der Waals surface area contributed by atoms with Crippen LogP contribution in [0.25, 0.3) is 0 Å². The molecule has 0 aromatic heterocycles. The molecule has 0 unspecified atom stereocenters. The summed E-state index contributed by atoms with van der Waals surface area (Å²) in [4.78, 5) is 11.7. The topological polar surface area (TPSA) is 52.3 Å². The lowest BCUT2D eigenvalue weighted by Crippen LogP contribution is -2.10. The Kier molecular flexibility index (Phi) is 4.80. The molecule has 1 rings (SSSR count). The largest absolute Gasteiger partial charge is 0.462 e. The molecule has 88 valence electrons. The first kappa shape index (κ1) is 13.0. The monoisotopic (exact) mass is 285 g/mol. The van der Waals surface area contributed by atoms with Crippen LogP contribution in [0.15, 0.2) is 22.7 Å². The Bertz CT molecular complexity index is 377. The molecular weight excluding hydrogens is 270 g/mol. The molecule has 2 N–H and O–H groups in total. The predicted molar refractivity (Wildman–Crippen MR) is 68.3 cm³/mol. The number of benzene rings is 1. The summed E-state index contributed by atoms with van der Waals surface area (Å²) in [6, 6.07) is 5.15. The van der Waals surface area contributed by atoms with E-state index >= 15 is 0 Å². The van der Waals surface area contributed by atoms with Crippen molar-refractivity contribution in [1.82, 2.24) is 0 Å². The number of halogens is 1. The second-order valence-electron chi connectivity index (χ2n) is 4.05. The minimum Gasteiger partial charge on any atom is -0.462 e. The first-order valence-electron chi connectivity index (χ1n) is 5.23. The predicted octanol–water partition coefficient (Wildman–Crippen LogP) is 3.23. The first-order valence-corrected chi connectivity index (χ1v) is 6.02. The molecule has 16 heavy (non-hydrogen) atoms. The van der Waals surface area contributed by atoms with E-state index in [2.05, 4.69) is 29.8 Å². The number of carbonyl (C=O) groups is 1. The summed E-state index contributed by atoms with van der Waals surface area (Å²) in [5, 5.41) is 0. The van der Waals surface area contributed by atoms with Gasteiger partial charge in [0.1, 0.15) is 0 Å². The SMILES string of the molecule is CC(C)CCOC(=O)c1cc(Br)ccc1N. The highest BCUT2D eigenvalue weighted by Crippen LogP contribution is 2.19. The van der Waals surface area contributed by atoms with Gasteiger partial charge in [-0.1, -0.05) is 29.8 Å². The molecule has 0 aliphatic carbocycles. The number of anilines is 1. The van der Waals surface area contributed by atoms with Crippen LogP contribution in [0.2, 0.25) is 0 Å². The lowest BCUT2D eigenvalue weighted by atomic mass is 10.1. The van der Waals surface area contributed by atoms with Gasteiger partial charge < -0.3 is 10.5 Å². The Morgan fingerprint density at radius 2 is 2.19 bits per heavy atom. The summed E-state index contributed by atoms with van der Waals surface area (Å²) < 4.78 is 5.95. The minimum absolute atomic E-state index is 0.362. The lowest BCUT2D eigenvalue weighted by Gasteiger charge is -2.08. The van der Waals surface area contributed by atoms with Crippen LogP contribution in [0.4, 0.5) is 5.69 Å². The molecule has 0 amide bonds. The third kappa shape index (κ3) is 3.85. The third-order valence-corrected chi connectivity index (χ3v) is 2.66. The molecular formula is C12H16BrNO2. The van der Waals surface area contributed by atoms with Crippen molar-refractivity contribution in [3.8, 4) is 0 Å². The van der Waals surface area contributed by atoms with Gasteiger partial charge in [-0.2, -0.15) is 0 Å². The maximum Gasteiger partial charge on any atom is 0.340 e. The Labute approximate surface area is 104 Å². The number of nitrogens with two attached hydrogens (primary N) is 1. The number of rotatable bonds is 4. The fourth-order valence-corrected chi connectivity index (χ4v) is 1.53. The van der Waals surface area contributed by atoms with E-state index in [0.29, 0.717) is 23.8 Å². The average Bonchev–Trinajstić information content (AvgIpc) is 2.21. The van der Waals surface area contributed by atoms with Crippen molar-refractivity contribution in [3.05, 3.63) is 28.2 Å². The normalized spacial score (nSPS) is 10.5. The first-order chi connectivity index (χ1) is 7.50. The van der Waals surface area contributed by atoms with E-state index in [9.17, 15) is 4.79 Å². The van der Waals surface area contributed by atoms with Crippen LogP contribution in [-0.4, -0.2) is 12.6 Å². The molecule has 0 spiro atoms. The molecule has 0 fully saturated rings. The zero-order valence-electron chi connectivity index (χ0n) is 9.50. The van der Waals surface area contributed by atoms with Crippen LogP contribution in [0.3, 0.4) is 0 Å². The standard InChI is InChI=1S/C12H16BrNO2/c1-8(2)5-6-16-12(15)10-7-9(13)3-4-11(10)14/h3-4,7-8H,5-6,14H2,1-2H3. The van der Waals surface area contributed by atoms with Crippen molar-refractivity contribution >= 4 is 27.6 Å². The molecule has 0 bridgehead atoms. The van der Waals surface area contributed by atoms with Gasteiger partial charge in [-0.15, -0.1) is 0 Å². The Hall–Kier alpha value is -1.03. The second kappa shape index (κ2) is 5.89. The third-order valence-electron chi connectivity index (χ3n) is 2.16. The molecule has 0 radical (unpaired) electrons. The zero-order chi connectivity index (χ0) is 12.1. The van der Waals surface area contributed by atoms with Crippen molar-refractivity contribution < 1.29 is 9.53 Å². The summed E-state index contributed by atoms with van der Waals surface area (Å²) in [6.07, 6.45) is 0.861. The molecule has 1 aromatic carbocycles. The number of ether oxygens (including phenoxy) is 1. The summed E-state index contributed by atoms with van der Waals surface area (Å²) in [7, 11) is 0. The molecule has 0 heterocycles. The highest BCUT2D eigenvalue weighted by atomic mass is 79.9. The fraction of sp³-hybridized carbons (Fsp3) is 0.417. The molecule has 0 saturated carbocycles. The van der Waals surface area contributed by atoms with Crippen LogP contribution in [0, 0.1) is 5.92 Å². The van der Waals surface area contributed by atoms with E-state index in [1.54, 1.807) is 18.2 Å². The van der Waals surface area contributed by atoms with E-state index in [1.807, 2.05) is 0 Å². The number of hydrogen-bond donors (Lipinski definition) is 1. The van der Waals surface area contributed by atoms with E-state index in [-0.39, 0.29) is 5.97 Å². The van der Waals surface area contributed by atoms with Crippen LogP contribution < -0.4 is 5.73 Å². The van der Waals surface area contributed by atoms with Crippen molar-refractivity contribution in [1.29, 1.82) is 0 Å². The summed E-state index contributed by atoms with van der Waals surface area (Å²) >= 11 is 3.29. The number of nitrogen functional groups attached to an aromatic ring is 1. The quantitative estimate of drug-likeness (QED) is 0.683. The number of carbonyl (C=O) groups excluding carboxylic acids is 1. The highest BCUT2D eigenvalue weighted by molar-refractivity contribution is 9.10. The molecule has 0 atom stereocenters. The molecule has 3 nitrogen and oxygen atoms in total. The van der Waals surface area contributed by atoms with Gasteiger partial charge in [0.05, 0.1) is 12.2 Å². The number of hydrogen-bond acceptors (Lipinski definition) is 3. The maximum atomic E-state index is 11.7. The molecule has 0 aliphatic rings. The van der Waals surface area contributed by atoms with Crippen molar-refractivity contribution in [2.24, 2.45) is 5.92 Å². The van der Waals surface area contributed by atoms with Crippen molar-refractivity contribution in [3.63, 3.8) is 0 Å². The van der Waals surface area contributed by atoms with E-state index in [1.165, 1.54) is 0 Å². The van der Waals surface area contributed by atoms with Gasteiger partial charge in [0.25, 0.3) is 0 Å². The molecule has 0 saturated heterocycles. The highest BCUT2D eigenvalue weighted by Gasteiger charge is 2.11. The van der Waals surface area contributed by atoms with Crippen LogP contribution in [0.5, 0.6) is 0 Å². The lowest BCUT2D eigenvalue weighted by molar-refractivity contribution is 0.0489. The van der Waals surface area contributed by atoms with E-state index in [4.69, 9.17) is 10.5 Å². The van der Waals surface area contributed by atoms with Gasteiger partial charge in [-0.25, -0.2) is 4.79 Å². The Morgan fingerprint density at radius 3 is 2.81 bits per heavy atom.